The lowest BCUT2D eigenvalue weighted by Crippen LogP contribution is -2.50. The number of carbonyl (C=O) groups excluding carboxylic acids is 1. The Kier molecular flexibility index (Phi) is 4.67. The molecular weight excluding hydrogens is 406 g/mol. The summed E-state index contributed by atoms with van der Waals surface area (Å²) in [6, 6.07) is 7.98. The summed E-state index contributed by atoms with van der Waals surface area (Å²) in [4.78, 5) is 20.6. The molecule has 1 heterocycles. The summed E-state index contributed by atoms with van der Waals surface area (Å²) in [5, 5.41) is 9.24. The van der Waals surface area contributed by atoms with Crippen molar-refractivity contribution in [2.24, 2.45) is 34.5 Å². The number of imidazole rings is 1. The zero-order valence-electron chi connectivity index (χ0n) is 20.2. The molecule has 1 aromatic carbocycles. The van der Waals surface area contributed by atoms with Gasteiger partial charge in [-0.25, -0.2) is 4.98 Å². The van der Waals surface area contributed by atoms with Gasteiger partial charge in [0.15, 0.2) is 5.78 Å². The van der Waals surface area contributed by atoms with E-state index in [9.17, 15) is 10.1 Å². The summed E-state index contributed by atoms with van der Waals surface area (Å²) in [6.45, 7) is 7.42. The fourth-order valence-electron chi connectivity index (χ4n) is 8.93. The van der Waals surface area contributed by atoms with Gasteiger partial charge in [-0.15, -0.1) is 0 Å². The molecule has 7 atom stereocenters. The minimum Gasteiger partial charge on any atom is -0.342 e. The average molecular weight is 442 g/mol. The van der Waals surface area contributed by atoms with E-state index in [4.69, 9.17) is 4.98 Å². The predicted octanol–water partition coefficient (Wildman–Crippen LogP) is 6.69. The standard InChI is InChI=1S/C29H35N3O/c1-17(27-31-25-9-4-18(16-30)14-26(25)32-27)22-7-8-23-21-6-5-19-15-20(33)10-12-28(19,2)24(21)11-13-29(22,23)3/h4,9,14-15,17,21-24H,5-8,10-13H2,1-3H3,(H,31,32)/t17-,21-,22+,23-,24-,28-,29+/m0/s1. The molecule has 4 aliphatic carbocycles. The first-order valence-corrected chi connectivity index (χ1v) is 13.0. The molecule has 1 aromatic heterocycles. The Bertz CT molecular complexity index is 1200. The average Bonchev–Trinajstić information content (AvgIpc) is 3.39. The molecule has 2 aromatic rings. The van der Waals surface area contributed by atoms with Crippen LogP contribution in [0.25, 0.3) is 11.0 Å². The summed E-state index contributed by atoms with van der Waals surface area (Å²) in [5.74, 6) is 4.78. The third kappa shape index (κ3) is 3.00. The van der Waals surface area contributed by atoms with Crippen molar-refractivity contribution in [2.75, 3.05) is 0 Å². The van der Waals surface area contributed by atoms with Crippen LogP contribution in [0.3, 0.4) is 0 Å². The Labute approximate surface area is 196 Å². The molecule has 3 saturated carbocycles. The number of fused-ring (bicyclic) bond motifs is 6. The van der Waals surface area contributed by atoms with E-state index in [1.807, 2.05) is 24.3 Å². The van der Waals surface area contributed by atoms with Crippen molar-refractivity contribution in [2.45, 2.75) is 78.1 Å². The predicted molar refractivity (Wildman–Crippen MR) is 129 cm³/mol. The molecule has 3 fully saturated rings. The highest BCUT2D eigenvalue weighted by atomic mass is 16.1. The molecule has 1 N–H and O–H groups in total. The molecule has 33 heavy (non-hydrogen) atoms. The third-order valence-electron chi connectivity index (χ3n) is 10.7. The number of carbonyl (C=O) groups is 1. The Morgan fingerprint density at radius 2 is 1.97 bits per heavy atom. The Morgan fingerprint density at radius 1 is 1.12 bits per heavy atom. The van der Waals surface area contributed by atoms with Crippen molar-refractivity contribution in [3.63, 3.8) is 0 Å². The molecule has 0 amide bonds. The third-order valence-corrected chi connectivity index (χ3v) is 10.7. The number of nitrogens with one attached hydrogen (secondary N) is 1. The molecule has 4 nitrogen and oxygen atoms in total. The van der Waals surface area contributed by atoms with Gasteiger partial charge in [-0.2, -0.15) is 5.26 Å². The fourth-order valence-corrected chi connectivity index (χ4v) is 8.93. The molecule has 4 aliphatic rings. The van der Waals surface area contributed by atoms with Crippen LogP contribution < -0.4 is 0 Å². The highest BCUT2D eigenvalue weighted by Gasteiger charge is 2.59. The first kappa shape index (κ1) is 21.1. The van der Waals surface area contributed by atoms with Crippen LogP contribution in [-0.2, 0) is 4.79 Å². The number of aromatic nitrogens is 2. The van der Waals surface area contributed by atoms with Gasteiger partial charge in [-0.1, -0.05) is 26.3 Å². The summed E-state index contributed by atoms with van der Waals surface area (Å²) < 4.78 is 0. The Hall–Kier alpha value is -2.41. The van der Waals surface area contributed by atoms with E-state index in [2.05, 4.69) is 31.8 Å². The number of benzene rings is 1. The van der Waals surface area contributed by atoms with Crippen LogP contribution in [0.4, 0.5) is 0 Å². The van der Waals surface area contributed by atoms with Crippen LogP contribution in [-0.4, -0.2) is 15.8 Å². The number of aromatic amines is 1. The van der Waals surface area contributed by atoms with Crippen molar-refractivity contribution in [3.8, 4) is 6.07 Å². The number of allylic oxidation sites excluding steroid dienone is 1. The molecule has 0 saturated heterocycles. The number of hydrogen-bond acceptors (Lipinski definition) is 3. The van der Waals surface area contributed by atoms with Gasteiger partial charge < -0.3 is 4.98 Å². The normalized spacial score (nSPS) is 38.7. The van der Waals surface area contributed by atoms with Gasteiger partial charge in [0.25, 0.3) is 0 Å². The summed E-state index contributed by atoms with van der Waals surface area (Å²) in [7, 11) is 0. The number of H-pyrrole nitrogens is 1. The van der Waals surface area contributed by atoms with Gasteiger partial charge in [-0.05, 0) is 104 Å². The maximum atomic E-state index is 12.1. The number of nitriles is 1. The smallest absolute Gasteiger partial charge is 0.155 e. The molecule has 172 valence electrons. The zero-order valence-corrected chi connectivity index (χ0v) is 20.2. The van der Waals surface area contributed by atoms with E-state index in [0.717, 1.165) is 53.9 Å². The monoisotopic (exact) mass is 441 g/mol. The topological polar surface area (TPSA) is 69.5 Å². The first-order chi connectivity index (χ1) is 15.8. The first-order valence-electron chi connectivity index (χ1n) is 13.0. The van der Waals surface area contributed by atoms with E-state index in [0.29, 0.717) is 28.6 Å². The van der Waals surface area contributed by atoms with E-state index in [-0.39, 0.29) is 5.41 Å². The molecule has 6 rings (SSSR count). The minimum atomic E-state index is 0.249. The quantitative estimate of drug-likeness (QED) is 0.565. The summed E-state index contributed by atoms with van der Waals surface area (Å²) >= 11 is 0. The highest BCUT2D eigenvalue weighted by molar-refractivity contribution is 5.91. The lowest BCUT2D eigenvalue weighted by Gasteiger charge is -2.58. The highest BCUT2D eigenvalue weighted by Crippen LogP contribution is 2.68. The molecule has 0 spiro atoms. The molecule has 0 radical (unpaired) electrons. The maximum absolute atomic E-state index is 12.1. The summed E-state index contributed by atoms with van der Waals surface area (Å²) in [6.07, 6.45) is 11.4. The van der Waals surface area contributed by atoms with E-state index >= 15 is 0 Å². The zero-order chi connectivity index (χ0) is 23.0. The van der Waals surface area contributed by atoms with E-state index in [1.54, 1.807) is 0 Å². The number of rotatable bonds is 2. The molecular formula is C29H35N3O. The number of ketones is 1. The molecule has 4 heteroatoms. The number of hydrogen-bond donors (Lipinski definition) is 1. The molecule has 0 bridgehead atoms. The van der Waals surface area contributed by atoms with Gasteiger partial charge in [0.05, 0.1) is 22.7 Å². The molecule has 0 aliphatic heterocycles. The van der Waals surface area contributed by atoms with Gasteiger partial charge in [0.2, 0.25) is 0 Å². The Balaban J connectivity index is 1.28. The second-order valence-electron chi connectivity index (χ2n) is 12.0. The SMILES string of the molecule is C[C@H](c1nc2ccc(C#N)cc2[nH]1)[C@H]1CC[C@H]2[C@@H]3CCC4=CC(=O)CC[C@]4(C)[C@H]3CC[C@]12C. The van der Waals surface area contributed by atoms with Gasteiger partial charge in [-0.3, -0.25) is 4.79 Å². The van der Waals surface area contributed by atoms with Crippen molar-refractivity contribution < 1.29 is 4.79 Å². The van der Waals surface area contributed by atoms with Crippen molar-refractivity contribution in [1.82, 2.24) is 9.97 Å². The van der Waals surface area contributed by atoms with Crippen LogP contribution in [0, 0.1) is 45.8 Å². The molecule has 0 unspecified atom stereocenters. The van der Waals surface area contributed by atoms with Crippen molar-refractivity contribution in [1.29, 1.82) is 5.26 Å². The second kappa shape index (κ2) is 7.29. The lowest BCUT2D eigenvalue weighted by atomic mass is 9.46. The van der Waals surface area contributed by atoms with Crippen LogP contribution in [0.5, 0.6) is 0 Å². The lowest BCUT2D eigenvalue weighted by molar-refractivity contribution is -0.117. The summed E-state index contributed by atoms with van der Waals surface area (Å²) in [5.41, 5.74) is 4.69. The van der Waals surface area contributed by atoms with E-state index < -0.39 is 0 Å². The Morgan fingerprint density at radius 3 is 2.79 bits per heavy atom. The number of nitrogens with zero attached hydrogens (tertiary/aromatic N) is 2. The van der Waals surface area contributed by atoms with Crippen LogP contribution in [0.2, 0.25) is 0 Å². The van der Waals surface area contributed by atoms with E-state index in [1.165, 1.54) is 37.7 Å². The fraction of sp³-hybridized carbons (Fsp3) is 0.621. The van der Waals surface area contributed by atoms with Gasteiger partial charge >= 0.3 is 0 Å². The minimum absolute atomic E-state index is 0.249. The largest absolute Gasteiger partial charge is 0.342 e. The maximum Gasteiger partial charge on any atom is 0.155 e. The van der Waals surface area contributed by atoms with Crippen molar-refractivity contribution >= 4 is 16.8 Å². The van der Waals surface area contributed by atoms with Gasteiger partial charge in [0, 0.05) is 12.3 Å². The van der Waals surface area contributed by atoms with Crippen LogP contribution >= 0.6 is 0 Å². The van der Waals surface area contributed by atoms with Gasteiger partial charge in [0.1, 0.15) is 5.82 Å². The van der Waals surface area contributed by atoms with Crippen molar-refractivity contribution in [3.05, 3.63) is 41.2 Å². The van der Waals surface area contributed by atoms with Crippen LogP contribution in [0.1, 0.15) is 89.4 Å². The van der Waals surface area contributed by atoms with Crippen LogP contribution in [0.15, 0.2) is 29.8 Å². The second-order valence-corrected chi connectivity index (χ2v) is 12.0.